The minimum Gasteiger partial charge on any atom is -0.507 e. The molecule has 3 heterocycles. The number of Topliss-reactive ketones (excluding diaryl/α,β-unsaturated/α-hetero) is 1. The number of amides is 1. The maximum Gasteiger partial charge on any atom is 0.299 e. The molecule has 0 aliphatic carbocycles. The van der Waals surface area contributed by atoms with Gasteiger partial charge in [-0.1, -0.05) is 44.0 Å². The highest BCUT2D eigenvalue weighted by Crippen LogP contribution is 2.38. The SMILES string of the molecule is CCC(CC)C1/C(=C(/O)c2ccc(=O)[nH]c2)C(=O)C(=O)N1c1ccc(-c2ccon2)cc1. The molecule has 2 aromatic heterocycles. The zero-order chi connectivity index (χ0) is 22.8. The summed E-state index contributed by atoms with van der Waals surface area (Å²) in [6.45, 7) is 3.98. The van der Waals surface area contributed by atoms with E-state index in [1.807, 2.05) is 13.8 Å². The van der Waals surface area contributed by atoms with Crippen molar-refractivity contribution >= 4 is 23.1 Å². The number of hydrogen-bond donors (Lipinski definition) is 2. The highest BCUT2D eigenvalue weighted by atomic mass is 16.5. The van der Waals surface area contributed by atoms with E-state index >= 15 is 0 Å². The van der Waals surface area contributed by atoms with Crippen LogP contribution in [0.5, 0.6) is 0 Å². The molecule has 0 bridgehead atoms. The Hall–Kier alpha value is -3.94. The smallest absolute Gasteiger partial charge is 0.299 e. The number of nitrogens with zero attached hydrogens (tertiary/aromatic N) is 2. The molecule has 0 radical (unpaired) electrons. The number of aliphatic hydroxyl groups is 1. The highest BCUT2D eigenvalue weighted by molar-refractivity contribution is 6.51. The van der Waals surface area contributed by atoms with Crippen molar-refractivity contribution in [1.29, 1.82) is 0 Å². The first-order chi connectivity index (χ1) is 15.5. The molecule has 3 aromatic rings. The fourth-order valence-corrected chi connectivity index (χ4v) is 4.19. The summed E-state index contributed by atoms with van der Waals surface area (Å²) in [5, 5.41) is 14.9. The molecular weight excluding hydrogens is 410 g/mol. The van der Waals surface area contributed by atoms with E-state index in [-0.39, 0.29) is 28.4 Å². The van der Waals surface area contributed by atoms with E-state index in [0.29, 0.717) is 24.2 Å². The Balaban J connectivity index is 1.82. The molecule has 8 nitrogen and oxygen atoms in total. The lowest BCUT2D eigenvalue weighted by Gasteiger charge is -2.31. The molecule has 1 amide bonds. The third-order valence-electron chi connectivity index (χ3n) is 5.92. The van der Waals surface area contributed by atoms with Gasteiger partial charge in [0.15, 0.2) is 0 Å². The fraction of sp³-hybridized carbons (Fsp3) is 0.250. The number of anilines is 1. The minimum absolute atomic E-state index is 0.0522. The number of ketones is 1. The van der Waals surface area contributed by atoms with Crippen LogP contribution in [0.2, 0.25) is 0 Å². The van der Waals surface area contributed by atoms with Gasteiger partial charge < -0.3 is 14.6 Å². The predicted molar refractivity (Wildman–Crippen MR) is 119 cm³/mol. The number of carbonyl (C=O) groups excluding carboxylic acids is 2. The van der Waals surface area contributed by atoms with Crippen LogP contribution in [0.25, 0.3) is 17.0 Å². The maximum absolute atomic E-state index is 13.1. The number of rotatable bonds is 6. The Bertz CT molecular complexity index is 1200. The predicted octanol–water partition coefficient (Wildman–Crippen LogP) is 3.72. The van der Waals surface area contributed by atoms with Gasteiger partial charge in [0.05, 0.1) is 11.6 Å². The Morgan fingerprint density at radius 1 is 1.09 bits per heavy atom. The van der Waals surface area contributed by atoms with Crippen molar-refractivity contribution < 1.29 is 19.2 Å². The number of nitrogens with one attached hydrogen (secondary N) is 1. The summed E-state index contributed by atoms with van der Waals surface area (Å²) < 4.78 is 4.88. The molecule has 2 N–H and O–H groups in total. The van der Waals surface area contributed by atoms with Crippen molar-refractivity contribution in [2.75, 3.05) is 4.90 Å². The zero-order valence-electron chi connectivity index (χ0n) is 17.7. The van der Waals surface area contributed by atoms with Crippen LogP contribution in [-0.4, -0.2) is 33.0 Å². The number of aliphatic hydroxyl groups excluding tert-OH is 1. The van der Waals surface area contributed by atoms with Crippen molar-refractivity contribution in [3.05, 3.63) is 76.4 Å². The summed E-state index contributed by atoms with van der Waals surface area (Å²) in [6.07, 6.45) is 4.22. The summed E-state index contributed by atoms with van der Waals surface area (Å²) in [5.74, 6) is -1.79. The standard InChI is InChI=1S/C24H23N3O5/c1-3-14(4-2)21-20(22(29)16-7-10-19(28)25-13-16)23(30)24(31)27(21)17-8-5-15(6-9-17)18-11-12-32-26-18/h5-14,21,29H,3-4H2,1-2H3,(H,25,28)/b22-20-. The second-order valence-electron chi connectivity index (χ2n) is 7.66. The molecule has 0 saturated carbocycles. The summed E-state index contributed by atoms with van der Waals surface area (Å²) in [6, 6.07) is 10.9. The third kappa shape index (κ3) is 3.64. The molecule has 4 rings (SSSR count). The largest absolute Gasteiger partial charge is 0.507 e. The lowest BCUT2D eigenvalue weighted by Crippen LogP contribution is -2.39. The van der Waals surface area contributed by atoms with Gasteiger partial charge in [-0.25, -0.2) is 0 Å². The zero-order valence-corrected chi connectivity index (χ0v) is 17.7. The summed E-state index contributed by atoms with van der Waals surface area (Å²) in [7, 11) is 0. The van der Waals surface area contributed by atoms with Crippen LogP contribution in [0.4, 0.5) is 5.69 Å². The second kappa shape index (κ2) is 8.66. The third-order valence-corrected chi connectivity index (χ3v) is 5.92. The topological polar surface area (TPSA) is 116 Å². The Morgan fingerprint density at radius 2 is 1.81 bits per heavy atom. The molecule has 1 aromatic carbocycles. The molecule has 8 heteroatoms. The van der Waals surface area contributed by atoms with Crippen molar-refractivity contribution in [3.63, 3.8) is 0 Å². The molecule has 1 saturated heterocycles. The van der Waals surface area contributed by atoms with Crippen molar-refractivity contribution in [3.8, 4) is 11.3 Å². The quantitative estimate of drug-likeness (QED) is 0.348. The number of hydrogen-bond acceptors (Lipinski definition) is 6. The molecule has 1 aliphatic rings. The molecule has 1 unspecified atom stereocenters. The van der Waals surface area contributed by atoms with Crippen LogP contribution in [0.15, 0.2) is 69.8 Å². The molecule has 1 aliphatic heterocycles. The lowest BCUT2D eigenvalue weighted by atomic mass is 9.87. The Morgan fingerprint density at radius 3 is 2.38 bits per heavy atom. The number of H-pyrrole nitrogens is 1. The van der Waals surface area contributed by atoms with Crippen LogP contribution in [0.3, 0.4) is 0 Å². The van der Waals surface area contributed by atoms with E-state index in [0.717, 1.165) is 5.56 Å². The number of pyridine rings is 1. The fourth-order valence-electron chi connectivity index (χ4n) is 4.19. The van der Waals surface area contributed by atoms with Gasteiger partial charge in [-0.05, 0) is 24.1 Å². The average molecular weight is 433 g/mol. The van der Waals surface area contributed by atoms with E-state index in [2.05, 4.69) is 10.1 Å². The number of aromatic amines is 1. The number of carbonyl (C=O) groups is 2. The minimum atomic E-state index is -0.744. The first-order valence-electron chi connectivity index (χ1n) is 10.5. The highest BCUT2D eigenvalue weighted by Gasteiger charge is 2.48. The van der Waals surface area contributed by atoms with Crippen LogP contribution >= 0.6 is 0 Å². The summed E-state index contributed by atoms with van der Waals surface area (Å²) >= 11 is 0. The van der Waals surface area contributed by atoms with Crippen molar-refractivity contribution in [2.24, 2.45) is 5.92 Å². The van der Waals surface area contributed by atoms with Gasteiger partial charge in [0.2, 0.25) is 5.56 Å². The molecule has 32 heavy (non-hydrogen) atoms. The van der Waals surface area contributed by atoms with Crippen LogP contribution in [0, 0.1) is 5.92 Å². The van der Waals surface area contributed by atoms with E-state index in [9.17, 15) is 19.5 Å². The van der Waals surface area contributed by atoms with Crippen LogP contribution < -0.4 is 10.5 Å². The monoisotopic (exact) mass is 433 g/mol. The van der Waals surface area contributed by atoms with E-state index in [1.165, 1.54) is 29.5 Å². The lowest BCUT2D eigenvalue weighted by molar-refractivity contribution is -0.132. The van der Waals surface area contributed by atoms with Gasteiger partial charge in [-0.3, -0.25) is 19.3 Å². The van der Waals surface area contributed by atoms with Crippen LogP contribution in [-0.2, 0) is 9.59 Å². The van der Waals surface area contributed by atoms with Gasteiger partial charge in [0.25, 0.3) is 11.7 Å². The summed E-state index contributed by atoms with van der Waals surface area (Å²) in [4.78, 5) is 41.5. The van der Waals surface area contributed by atoms with Crippen molar-refractivity contribution in [2.45, 2.75) is 32.7 Å². The van der Waals surface area contributed by atoms with Gasteiger partial charge in [0.1, 0.15) is 17.7 Å². The Labute approximate surface area is 184 Å². The molecule has 1 fully saturated rings. The number of aromatic nitrogens is 2. The van der Waals surface area contributed by atoms with Gasteiger partial charge >= 0.3 is 0 Å². The average Bonchev–Trinajstić information content (AvgIpc) is 3.43. The summed E-state index contributed by atoms with van der Waals surface area (Å²) in [5.41, 5.74) is 2.03. The second-order valence-corrected chi connectivity index (χ2v) is 7.66. The van der Waals surface area contributed by atoms with Gasteiger partial charge in [-0.2, -0.15) is 0 Å². The normalized spacial score (nSPS) is 18.0. The van der Waals surface area contributed by atoms with Gasteiger partial charge in [-0.15, -0.1) is 0 Å². The van der Waals surface area contributed by atoms with Crippen LogP contribution in [0.1, 0.15) is 32.3 Å². The first-order valence-corrected chi connectivity index (χ1v) is 10.5. The van der Waals surface area contributed by atoms with E-state index in [1.54, 1.807) is 30.3 Å². The molecule has 1 atom stereocenters. The van der Waals surface area contributed by atoms with Crippen molar-refractivity contribution in [1.82, 2.24) is 10.1 Å². The first kappa shape index (κ1) is 21.3. The van der Waals surface area contributed by atoms with E-state index in [4.69, 9.17) is 4.52 Å². The number of benzene rings is 1. The Kier molecular flexibility index (Phi) is 5.77. The van der Waals surface area contributed by atoms with E-state index < -0.39 is 17.7 Å². The maximum atomic E-state index is 13.1. The molecule has 0 spiro atoms. The molecule has 164 valence electrons. The molecular formula is C24H23N3O5. The van der Waals surface area contributed by atoms with Gasteiger partial charge in [0, 0.05) is 35.1 Å².